The third-order valence-corrected chi connectivity index (χ3v) is 15.3. The van der Waals surface area contributed by atoms with Crippen molar-refractivity contribution in [3.05, 3.63) is 166 Å². The van der Waals surface area contributed by atoms with Crippen molar-refractivity contribution in [1.82, 2.24) is 4.57 Å². The number of hydrogen-bond acceptors (Lipinski definition) is 1. The highest BCUT2D eigenvalue weighted by molar-refractivity contribution is 5.98. The van der Waals surface area contributed by atoms with Crippen LogP contribution in [0.3, 0.4) is 0 Å². The molecule has 0 aliphatic carbocycles. The molecule has 4 nitrogen and oxygen atoms in total. The largest absolute Gasteiger partial charge is 0.499 e. The molecule has 0 N–H and O–H groups in total. The van der Waals surface area contributed by atoms with Crippen LogP contribution in [0.15, 0.2) is 121 Å². The van der Waals surface area contributed by atoms with Gasteiger partial charge in [0.15, 0.2) is 23.0 Å². The van der Waals surface area contributed by atoms with Crippen LogP contribution in [-0.2, 0) is 27.5 Å². The van der Waals surface area contributed by atoms with Gasteiger partial charge in [0.25, 0.3) is 0 Å². The Morgan fingerprint density at radius 1 is 0.600 bits per heavy atom. The lowest BCUT2D eigenvalue weighted by atomic mass is 9.78. The van der Waals surface area contributed by atoms with Crippen molar-refractivity contribution >= 4 is 11.0 Å². The molecule has 1 unspecified atom stereocenters. The maximum Gasteiger partial charge on any atom is 0.499 e. The molecule has 0 radical (unpaired) electrons. The summed E-state index contributed by atoms with van der Waals surface area (Å²) in [5.74, 6) is -0.00362. The van der Waals surface area contributed by atoms with Gasteiger partial charge in [0.05, 0.1) is 11.0 Å². The van der Waals surface area contributed by atoms with Crippen LogP contribution < -0.4 is 13.9 Å². The first-order valence-corrected chi connectivity index (χ1v) is 25.4. The Kier molecular flexibility index (Phi) is 8.74. The quantitative estimate of drug-likeness (QED) is 0.158. The lowest BCUT2D eigenvalue weighted by Crippen LogP contribution is -2.78. The number of imidazole rings is 1. The number of hydrogen-bond donors (Lipinski definition) is 0. The monoisotopic (exact) mass is 929 g/mol. The Morgan fingerprint density at radius 3 is 1.86 bits per heavy atom. The fourth-order valence-corrected chi connectivity index (χ4v) is 11.4. The van der Waals surface area contributed by atoms with E-state index >= 15 is 0 Å². The molecule has 11 rings (SSSR count). The van der Waals surface area contributed by atoms with Gasteiger partial charge in [-0.2, -0.15) is 4.57 Å². The van der Waals surface area contributed by atoms with Crippen molar-refractivity contribution in [2.45, 2.75) is 157 Å². The minimum Gasteiger partial charge on any atom is -0.392 e. The molecule has 0 saturated carbocycles. The summed E-state index contributed by atoms with van der Waals surface area (Å²) in [4.78, 5) is 0. The molecule has 356 valence electrons. The molecule has 1 spiro atoms. The highest BCUT2D eigenvalue weighted by Gasteiger charge is 2.69. The van der Waals surface area contributed by atoms with Gasteiger partial charge in [0.2, 0.25) is 5.69 Å². The number of nitrogens with zero attached hydrogens (tertiary/aromatic N) is 3. The second kappa shape index (κ2) is 15.1. The minimum absolute atomic E-state index is 0.0113. The van der Waals surface area contributed by atoms with Crippen LogP contribution >= 0.6 is 0 Å². The molecule has 6 aromatic carbocycles. The van der Waals surface area contributed by atoms with Gasteiger partial charge in [-0.1, -0.05) is 171 Å². The van der Waals surface area contributed by atoms with Crippen molar-refractivity contribution in [1.29, 1.82) is 0 Å². The van der Waals surface area contributed by atoms with Gasteiger partial charge >= 0.3 is 11.7 Å². The van der Waals surface area contributed by atoms with E-state index in [0.29, 0.717) is 11.1 Å². The zero-order chi connectivity index (χ0) is 54.3. The second-order valence-corrected chi connectivity index (χ2v) is 25.1. The molecule has 0 saturated heterocycles. The van der Waals surface area contributed by atoms with E-state index in [1.807, 2.05) is 40.7 Å². The van der Waals surface area contributed by atoms with Crippen LogP contribution in [0.1, 0.15) is 174 Å². The van der Waals surface area contributed by atoms with Crippen molar-refractivity contribution in [3.63, 3.8) is 0 Å². The minimum atomic E-state index is -1.28. The lowest BCUT2D eigenvalue weighted by molar-refractivity contribution is -0.997. The third-order valence-electron chi connectivity index (χ3n) is 15.3. The number of aromatic nitrogens is 3. The van der Waals surface area contributed by atoms with Crippen molar-refractivity contribution in [2.24, 2.45) is 0 Å². The van der Waals surface area contributed by atoms with Gasteiger partial charge in [-0.25, -0.2) is 0 Å². The molecule has 3 aliphatic rings. The summed E-state index contributed by atoms with van der Waals surface area (Å²) in [5, 5.41) is 0. The highest BCUT2D eigenvalue weighted by Crippen LogP contribution is 2.56. The summed E-state index contributed by atoms with van der Waals surface area (Å²) in [5.41, 5.74) is 18.3. The average Bonchev–Trinajstić information content (AvgIpc) is 4.04. The zero-order valence-corrected chi connectivity index (χ0v) is 44.6. The van der Waals surface area contributed by atoms with Gasteiger partial charge in [-0.3, -0.25) is 0 Å². The number of fused-ring (bicyclic) bond motifs is 5. The molecule has 8 aromatic rings. The van der Waals surface area contributed by atoms with Crippen LogP contribution in [0.5, 0.6) is 5.75 Å². The number of pyridine rings is 1. The number of aryl methyl sites for hydroxylation is 1. The summed E-state index contributed by atoms with van der Waals surface area (Å²) in [6, 6.07) is 33.4. The predicted octanol–water partition coefficient (Wildman–Crippen LogP) is 16.5. The molecule has 5 heterocycles. The SMILES string of the molecule is [2H]c1c([2H])c(C(C)(C)C)c([2H])c([2H])c1-c1cc[n+]2c(c1)-c1cc(C(C)(C)C)cc3c1C21Oc2c(cc(C(C)(C)C)cc2C(C)(C)C)-c2n(-c4ccc(-c5c(C(C)C)cccc5C([2H])(C)C)cc4C)c4cccc-3c4[n+]21. The van der Waals surface area contributed by atoms with E-state index in [2.05, 4.69) is 188 Å². The first-order valence-electron chi connectivity index (χ1n) is 27.9. The first-order chi connectivity index (χ1) is 34.8. The second-order valence-electron chi connectivity index (χ2n) is 25.1. The van der Waals surface area contributed by atoms with Crippen LogP contribution in [0.25, 0.3) is 72.7 Å². The number of rotatable bonds is 5. The molecule has 0 fully saturated rings. The van der Waals surface area contributed by atoms with Crippen LogP contribution in [0, 0.1) is 6.92 Å². The molecule has 1 atom stereocenters. The molecule has 3 aliphatic heterocycles. The summed E-state index contributed by atoms with van der Waals surface area (Å²) in [6.45, 7) is 36.9. The van der Waals surface area contributed by atoms with E-state index in [1.54, 1.807) is 0 Å². The Labute approximate surface area is 425 Å². The third kappa shape index (κ3) is 6.67. The van der Waals surface area contributed by atoms with Gasteiger partial charge < -0.3 is 4.74 Å². The summed E-state index contributed by atoms with van der Waals surface area (Å²) >= 11 is 0. The fraction of sp³-hybridized carbons (Fsp3) is 0.364. The van der Waals surface area contributed by atoms with Gasteiger partial charge in [-0.05, 0) is 138 Å². The van der Waals surface area contributed by atoms with E-state index in [1.165, 1.54) is 16.7 Å². The van der Waals surface area contributed by atoms with Crippen molar-refractivity contribution < 1.29 is 20.7 Å². The maximum absolute atomic E-state index is 9.46. The van der Waals surface area contributed by atoms with Crippen molar-refractivity contribution in [3.8, 4) is 67.5 Å². The maximum atomic E-state index is 9.46. The normalized spacial score (nSPS) is 17.1. The van der Waals surface area contributed by atoms with E-state index < -0.39 is 17.2 Å². The molecule has 0 bridgehead atoms. The van der Waals surface area contributed by atoms with Crippen LogP contribution in [-0.4, -0.2) is 4.57 Å². The molecule has 70 heavy (non-hydrogen) atoms. The number of ether oxygens (including phenoxy) is 1. The van der Waals surface area contributed by atoms with E-state index in [4.69, 9.17) is 4.74 Å². The predicted molar refractivity (Wildman–Crippen MR) is 292 cm³/mol. The van der Waals surface area contributed by atoms with E-state index in [9.17, 15) is 6.85 Å². The molecular formula is C66H73N3O+2. The highest BCUT2D eigenvalue weighted by atomic mass is 16.5. The summed E-state index contributed by atoms with van der Waals surface area (Å²) in [7, 11) is 0. The Balaban J connectivity index is 1.30. The fourth-order valence-electron chi connectivity index (χ4n) is 11.4. The standard InChI is InChI=1S/C66H73N3O/c1-38(2)47-20-18-21-48(39(3)4)57(47)43-26-29-54(40(5)32-43)68-55-23-19-22-49-50-34-45(63(9,10)11)35-51-56-33-42(41-24-27-44(28-25-41)62(6,7)8)30-31-67(56)66(58(50)51)69(59(49)55)61(68)52-36-46(64(12,13)14)37-53(60(52)70-66)65(15,16)17/h18-39H,1-17H3/q+2/i24D,25D,27D,28D,38D. The zero-order valence-electron chi connectivity index (χ0n) is 49.6. The van der Waals surface area contributed by atoms with Crippen molar-refractivity contribution in [2.75, 3.05) is 0 Å². The van der Waals surface area contributed by atoms with Gasteiger partial charge in [0.1, 0.15) is 16.8 Å². The molecule has 0 amide bonds. The smallest absolute Gasteiger partial charge is 0.392 e. The number of para-hydroxylation sites is 1. The summed E-state index contributed by atoms with van der Waals surface area (Å²) < 4.78 is 62.1. The Bertz CT molecular complexity index is 3780. The van der Waals surface area contributed by atoms with Crippen LogP contribution in [0.4, 0.5) is 0 Å². The van der Waals surface area contributed by atoms with Gasteiger partial charge in [-0.15, -0.1) is 9.13 Å². The molecule has 2 aromatic heterocycles. The Morgan fingerprint density at radius 2 is 1.23 bits per heavy atom. The Hall–Kier alpha value is -6.26. The average molecular weight is 929 g/mol. The molecule has 4 heteroatoms. The van der Waals surface area contributed by atoms with Gasteiger partial charge in [0, 0.05) is 30.2 Å². The van der Waals surface area contributed by atoms with E-state index in [-0.39, 0.29) is 51.9 Å². The summed E-state index contributed by atoms with van der Waals surface area (Å²) in [6.07, 6.45) is 2.06. The lowest BCUT2D eigenvalue weighted by Gasteiger charge is -2.36. The van der Waals surface area contributed by atoms with E-state index in [0.717, 1.165) is 89.6 Å². The topological polar surface area (TPSA) is 21.9 Å². The molecular weight excluding hydrogens is 851 g/mol. The number of benzene rings is 6. The van der Waals surface area contributed by atoms with Crippen LogP contribution in [0.2, 0.25) is 0 Å². The first kappa shape index (κ1) is 40.5.